The number of furan rings is 1. The maximum Gasteiger partial charge on any atom is 0.255 e. The van der Waals surface area contributed by atoms with Crippen molar-refractivity contribution in [3.63, 3.8) is 0 Å². The number of benzene rings is 2. The van der Waals surface area contributed by atoms with Crippen LogP contribution in [-0.2, 0) is 10.0 Å². The van der Waals surface area contributed by atoms with Gasteiger partial charge in [0.25, 0.3) is 5.91 Å². The number of carbonyl (C=O) groups is 2. The van der Waals surface area contributed by atoms with Crippen LogP contribution in [0.2, 0.25) is 0 Å². The number of rotatable bonds is 6. The molecule has 0 aliphatic heterocycles. The van der Waals surface area contributed by atoms with Crippen LogP contribution in [0.15, 0.2) is 40.8 Å². The number of anilines is 1. The Labute approximate surface area is 160 Å². The number of halogens is 1. The second-order valence-corrected chi connectivity index (χ2v) is 7.96. The third-order valence-corrected chi connectivity index (χ3v) is 5.48. The van der Waals surface area contributed by atoms with Gasteiger partial charge in [-0.3, -0.25) is 14.3 Å². The number of fused-ring (bicyclic) bond motifs is 1. The van der Waals surface area contributed by atoms with Crippen molar-refractivity contribution in [1.29, 1.82) is 0 Å². The number of aldehydes is 1. The molecule has 0 aliphatic carbocycles. The standard InChI is InChI=1S/C19H17FN2O5S/c1-3-28(25,26)22-15-9-16-14(8-12(15)10-23)17(19(24)21-2)18(27-16)11-4-6-13(20)7-5-11/h4-10,22H,3H2,1-2H3,(H,21,24). The molecule has 0 aliphatic rings. The predicted molar refractivity (Wildman–Crippen MR) is 103 cm³/mol. The summed E-state index contributed by atoms with van der Waals surface area (Å²) in [4.78, 5) is 24.0. The van der Waals surface area contributed by atoms with Crippen molar-refractivity contribution in [2.45, 2.75) is 6.92 Å². The van der Waals surface area contributed by atoms with E-state index in [2.05, 4.69) is 10.0 Å². The molecule has 0 spiro atoms. The lowest BCUT2D eigenvalue weighted by molar-refractivity contribution is 0.0964. The third kappa shape index (κ3) is 3.61. The Balaban J connectivity index is 2.29. The molecule has 0 atom stereocenters. The van der Waals surface area contributed by atoms with E-state index in [4.69, 9.17) is 4.42 Å². The van der Waals surface area contributed by atoms with Crippen LogP contribution < -0.4 is 10.0 Å². The molecule has 3 aromatic rings. The minimum absolute atomic E-state index is 0.0483. The van der Waals surface area contributed by atoms with E-state index in [0.717, 1.165) is 0 Å². The largest absolute Gasteiger partial charge is 0.455 e. The number of hydrogen-bond acceptors (Lipinski definition) is 5. The zero-order valence-electron chi connectivity index (χ0n) is 15.1. The molecule has 28 heavy (non-hydrogen) atoms. The monoisotopic (exact) mass is 404 g/mol. The van der Waals surface area contributed by atoms with Crippen LogP contribution in [-0.4, -0.2) is 33.4 Å². The summed E-state index contributed by atoms with van der Waals surface area (Å²) >= 11 is 0. The van der Waals surface area contributed by atoms with Crippen LogP contribution in [0.3, 0.4) is 0 Å². The molecule has 0 radical (unpaired) electrons. The highest BCUT2D eigenvalue weighted by molar-refractivity contribution is 7.92. The first-order valence-corrected chi connectivity index (χ1v) is 9.99. The molecule has 0 unspecified atom stereocenters. The second kappa shape index (κ2) is 7.43. The molecular formula is C19H17FN2O5S. The lowest BCUT2D eigenvalue weighted by Gasteiger charge is -2.08. The van der Waals surface area contributed by atoms with Crippen molar-refractivity contribution >= 4 is 38.9 Å². The molecule has 1 heterocycles. The van der Waals surface area contributed by atoms with Crippen LogP contribution in [0.5, 0.6) is 0 Å². The zero-order chi connectivity index (χ0) is 20.5. The fourth-order valence-corrected chi connectivity index (χ4v) is 3.40. The highest BCUT2D eigenvalue weighted by atomic mass is 32.2. The zero-order valence-corrected chi connectivity index (χ0v) is 15.9. The van der Waals surface area contributed by atoms with E-state index in [0.29, 0.717) is 17.2 Å². The van der Waals surface area contributed by atoms with E-state index >= 15 is 0 Å². The summed E-state index contributed by atoms with van der Waals surface area (Å²) in [7, 11) is -2.18. The summed E-state index contributed by atoms with van der Waals surface area (Å²) in [6.07, 6.45) is 0.491. The van der Waals surface area contributed by atoms with Crippen molar-refractivity contribution in [3.8, 4) is 11.3 Å². The van der Waals surface area contributed by atoms with Crippen LogP contribution in [0, 0.1) is 5.82 Å². The van der Waals surface area contributed by atoms with Gasteiger partial charge in [0, 0.05) is 29.6 Å². The summed E-state index contributed by atoms with van der Waals surface area (Å²) in [6, 6.07) is 8.12. The topological polar surface area (TPSA) is 105 Å². The van der Waals surface area contributed by atoms with Gasteiger partial charge in [0.15, 0.2) is 6.29 Å². The maximum absolute atomic E-state index is 13.3. The van der Waals surface area contributed by atoms with Gasteiger partial charge in [-0.05, 0) is 37.3 Å². The van der Waals surface area contributed by atoms with Crippen molar-refractivity contribution in [2.24, 2.45) is 0 Å². The number of hydrogen-bond donors (Lipinski definition) is 2. The van der Waals surface area contributed by atoms with Crippen molar-refractivity contribution in [1.82, 2.24) is 5.32 Å². The van der Waals surface area contributed by atoms with E-state index in [9.17, 15) is 22.4 Å². The molecule has 1 amide bonds. The summed E-state index contributed by atoms with van der Waals surface area (Å²) in [5.41, 5.74) is 0.933. The van der Waals surface area contributed by atoms with Crippen molar-refractivity contribution < 1.29 is 26.8 Å². The van der Waals surface area contributed by atoms with E-state index < -0.39 is 21.7 Å². The average molecular weight is 404 g/mol. The molecule has 7 nitrogen and oxygen atoms in total. The van der Waals surface area contributed by atoms with Crippen molar-refractivity contribution in [2.75, 3.05) is 17.5 Å². The van der Waals surface area contributed by atoms with Gasteiger partial charge in [-0.15, -0.1) is 0 Å². The first-order valence-electron chi connectivity index (χ1n) is 8.34. The third-order valence-electron chi connectivity index (χ3n) is 4.19. The smallest absolute Gasteiger partial charge is 0.255 e. The van der Waals surface area contributed by atoms with Gasteiger partial charge in [0.05, 0.1) is 17.0 Å². The minimum Gasteiger partial charge on any atom is -0.455 e. The normalized spacial score (nSPS) is 11.4. The first-order chi connectivity index (χ1) is 13.3. The van der Waals surface area contributed by atoms with E-state index in [1.54, 1.807) is 0 Å². The molecule has 3 rings (SSSR count). The molecular weight excluding hydrogens is 387 g/mol. The Morgan fingerprint density at radius 1 is 1.21 bits per heavy atom. The van der Waals surface area contributed by atoms with Gasteiger partial charge in [-0.2, -0.15) is 0 Å². The molecule has 0 fully saturated rings. The number of amides is 1. The van der Waals surface area contributed by atoms with E-state index in [1.807, 2.05) is 0 Å². The Kier molecular flexibility index (Phi) is 5.19. The van der Waals surface area contributed by atoms with Crippen LogP contribution >= 0.6 is 0 Å². The average Bonchev–Trinajstić information content (AvgIpc) is 3.05. The van der Waals surface area contributed by atoms with Crippen LogP contribution in [0.25, 0.3) is 22.3 Å². The van der Waals surface area contributed by atoms with Gasteiger partial charge in [0.1, 0.15) is 17.2 Å². The summed E-state index contributed by atoms with van der Waals surface area (Å²) in [5.74, 6) is -0.898. The van der Waals surface area contributed by atoms with Gasteiger partial charge in [-0.25, -0.2) is 12.8 Å². The van der Waals surface area contributed by atoms with Crippen molar-refractivity contribution in [3.05, 3.63) is 53.3 Å². The molecule has 146 valence electrons. The molecule has 2 aromatic carbocycles. The first kappa shape index (κ1) is 19.6. The molecule has 0 saturated heterocycles. The molecule has 9 heteroatoms. The summed E-state index contributed by atoms with van der Waals surface area (Å²) in [6.45, 7) is 1.46. The SMILES string of the molecule is CCS(=O)(=O)Nc1cc2oc(-c3ccc(F)cc3)c(C(=O)NC)c2cc1C=O. The predicted octanol–water partition coefficient (Wildman–Crippen LogP) is 3.17. The number of carbonyl (C=O) groups excluding carboxylic acids is 2. The fourth-order valence-electron chi connectivity index (χ4n) is 2.74. The minimum atomic E-state index is -3.63. The molecule has 0 bridgehead atoms. The Morgan fingerprint density at radius 3 is 2.46 bits per heavy atom. The van der Waals surface area contributed by atoms with Gasteiger partial charge in [0.2, 0.25) is 10.0 Å². The maximum atomic E-state index is 13.3. The van der Waals surface area contributed by atoms with Gasteiger partial charge >= 0.3 is 0 Å². The Morgan fingerprint density at radius 2 is 1.89 bits per heavy atom. The number of sulfonamides is 1. The second-order valence-electron chi connectivity index (χ2n) is 5.95. The molecule has 1 aromatic heterocycles. The molecule has 2 N–H and O–H groups in total. The highest BCUT2D eigenvalue weighted by Gasteiger charge is 2.23. The van der Waals surface area contributed by atoms with Gasteiger partial charge < -0.3 is 9.73 Å². The van der Waals surface area contributed by atoms with E-state index in [1.165, 1.54) is 50.4 Å². The Hall–Kier alpha value is -3.20. The van der Waals surface area contributed by atoms with Crippen LogP contribution in [0.4, 0.5) is 10.1 Å². The number of nitrogens with one attached hydrogen (secondary N) is 2. The summed E-state index contributed by atoms with van der Waals surface area (Å²) < 4.78 is 45.2. The molecule has 0 saturated carbocycles. The van der Waals surface area contributed by atoms with E-state index in [-0.39, 0.29) is 33.9 Å². The highest BCUT2D eigenvalue weighted by Crippen LogP contribution is 2.36. The lowest BCUT2D eigenvalue weighted by atomic mass is 10.0. The summed E-state index contributed by atoms with van der Waals surface area (Å²) in [5, 5.41) is 2.84. The fraction of sp³-hybridized carbons (Fsp3) is 0.158. The quantitative estimate of drug-likeness (QED) is 0.614. The Bertz CT molecular complexity index is 1170. The van der Waals surface area contributed by atoms with Crippen LogP contribution in [0.1, 0.15) is 27.6 Å². The lowest BCUT2D eigenvalue weighted by Crippen LogP contribution is -2.18. The van der Waals surface area contributed by atoms with Gasteiger partial charge in [-0.1, -0.05) is 0 Å².